The third-order valence-electron chi connectivity index (χ3n) is 3.07. The topological polar surface area (TPSA) is 16.1 Å². The lowest BCUT2D eigenvalue weighted by Gasteiger charge is -2.37. The summed E-state index contributed by atoms with van der Waals surface area (Å²) in [6, 6.07) is 2.17. The molecule has 0 saturated carbocycles. The Morgan fingerprint density at radius 1 is 1.27 bits per heavy atom. The zero-order chi connectivity index (χ0) is 10.9. The average Bonchev–Trinajstić information content (AvgIpc) is 2.38. The highest BCUT2D eigenvalue weighted by Gasteiger charge is 2.25. The summed E-state index contributed by atoms with van der Waals surface area (Å²) in [5, 5.41) is 0. The summed E-state index contributed by atoms with van der Waals surface area (Å²) in [5.74, 6) is 0. The molecule has 2 heterocycles. The van der Waals surface area contributed by atoms with Crippen LogP contribution in [-0.4, -0.2) is 17.1 Å². The summed E-state index contributed by atoms with van der Waals surface area (Å²) in [7, 11) is 0. The molecule has 0 N–H and O–H groups in total. The van der Waals surface area contributed by atoms with E-state index in [1.54, 1.807) is 0 Å². The molecule has 1 aliphatic heterocycles. The summed E-state index contributed by atoms with van der Waals surface area (Å²) in [4.78, 5) is 6.75. The van der Waals surface area contributed by atoms with Crippen LogP contribution in [0.5, 0.6) is 0 Å². The number of fused-ring (bicyclic) bond motifs is 1. The third kappa shape index (κ3) is 2.14. The number of nitrogens with zero attached hydrogens (tertiary/aromatic N) is 2. The van der Waals surface area contributed by atoms with Gasteiger partial charge in [0.05, 0.1) is 11.9 Å². The molecule has 0 bridgehead atoms. The molecule has 2 rings (SSSR count). The Labute approximate surface area is 92.3 Å². The van der Waals surface area contributed by atoms with Gasteiger partial charge in [-0.05, 0) is 51.7 Å². The Hall–Kier alpha value is -1.05. The van der Waals surface area contributed by atoms with Crippen LogP contribution in [0.3, 0.4) is 0 Å². The van der Waals surface area contributed by atoms with Gasteiger partial charge in [0.2, 0.25) is 0 Å². The Kier molecular flexibility index (Phi) is 2.68. The normalized spacial score (nSPS) is 17.1. The van der Waals surface area contributed by atoms with E-state index in [1.807, 2.05) is 12.4 Å². The van der Waals surface area contributed by atoms with Gasteiger partial charge >= 0.3 is 0 Å². The third-order valence-corrected chi connectivity index (χ3v) is 3.07. The highest BCUT2D eigenvalue weighted by atomic mass is 15.2. The van der Waals surface area contributed by atoms with Gasteiger partial charge in [-0.25, -0.2) is 0 Å². The van der Waals surface area contributed by atoms with Crippen molar-refractivity contribution in [1.82, 2.24) is 4.98 Å². The zero-order valence-corrected chi connectivity index (χ0v) is 9.95. The fourth-order valence-electron chi connectivity index (χ4n) is 2.27. The maximum absolute atomic E-state index is 4.26. The van der Waals surface area contributed by atoms with Crippen molar-refractivity contribution in [3.63, 3.8) is 0 Å². The molecule has 1 aromatic rings. The molecule has 0 spiro atoms. The monoisotopic (exact) mass is 204 g/mol. The Morgan fingerprint density at radius 3 is 2.80 bits per heavy atom. The molecule has 0 aromatic carbocycles. The van der Waals surface area contributed by atoms with Crippen LogP contribution in [0.15, 0.2) is 18.5 Å². The first kappa shape index (κ1) is 10.5. The van der Waals surface area contributed by atoms with Gasteiger partial charge in [-0.15, -0.1) is 0 Å². The van der Waals surface area contributed by atoms with Crippen molar-refractivity contribution >= 4 is 5.69 Å². The molecule has 1 aliphatic rings. The van der Waals surface area contributed by atoms with Crippen molar-refractivity contribution in [3.05, 3.63) is 24.0 Å². The van der Waals surface area contributed by atoms with Crippen LogP contribution in [0.25, 0.3) is 0 Å². The fourth-order valence-corrected chi connectivity index (χ4v) is 2.27. The molecular weight excluding hydrogens is 184 g/mol. The van der Waals surface area contributed by atoms with E-state index in [-0.39, 0.29) is 5.54 Å². The van der Waals surface area contributed by atoms with E-state index in [0.717, 1.165) is 6.54 Å². The Balaban J connectivity index is 2.41. The van der Waals surface area contributed by atoms with Gasteiger partial charge in [-0.1, -0.05) is 0 Å². The van der Waals surface area contributed by atoms with Gasteiger partial charge < -0.3 is 4.90 Å². The molecule has 82 valence electrons. The van der Waals surface area contributed by atoms with Crippen LogP contribution in [0.2, 0.25) is 0 Å². The van der Waals surface area contributed by atoms with E-state index in [0.29, 0.717) is 0 Å². The van der Waals surface area contributed by atoms with E-state index < -0.39 is 0 Å². The largest absolute Gasteiger partial charge is 0.365 e. The first-order chi connectivity index (χ1) is 7.09. The van der Waals surface area contributed by atoms with Crippen molar-refractivity contribution in [2.24, 2.45) is 0 Å². The minimum atomic E-state index is 0.197. The standard InChI is InChI=1S/C13H20N2/c1-13(2,3)15-9-5-4-6-11-7-8-14-10-12(11)15/h7-8,10H,4-6,9H2,1-3H3. The van der Waals surface area contributed by atoms with Gasteiger partial charge in [0.15, 0.2) is 0 Å². The second kappa shape index (κ2) is 3.84. The Bertz CT molecular complexity index is 339. The molecule has 0 radical (unpaired) electrons. The lowest BCUT2D eigenvalue weighted by atomic mass is 10.0. The van der Waals surface area contributed by atoms with Gasteiger partial charge in [0.25, 0.3) is 0 Å². The van der Waals surface area contributed by atoms with E-state index in [4.69, 9.17) is 0 Å². The molecule has 2 nitrogen and oxygen atoms in total. The predicted octanol–water partition coefficient (Wildman–Crippen LogP) is 3.02. The molecule has 0 aliphatic carbocycles. The quantitative estimate of drug-likeness (QED) is 0.645. The van der Waals surface area contributed by atoms with E-state index >= 15 is 0 Å². The van der Waals surface area contributed by atoms with E-state index in [1.165, 1.54) is 30.5 Å². The van der Waals surface area contributed by atoms with Crippen molar-refractivity contribution in [1.29, 1.82) is 0 Å². The van der Waals surface area contributed by atoms with Crippen molar-refractivity contribution in [2.45, 2.75) is 45.6 Å². The number of hydrogen-bond acceptors (Lipinski definition) is 2. The maximum atomic E-state index is 4.26. The van der Waals surface area contributed by atoms with Crippen LogP contribution in [0.1, 0.15) is 39.2 Å². The number of aryl methyl sites for hydroxylation is 1. The lowest BCUT2D eigenvalue weighted by Crippen LogP contribution is -2.42. The lowest BCUT2D eigenvalue weighted by molar-refractivity contribution is 0.498. The van der Waals surface area contributed by atoms with Crippen LogP contribution < -0.4 is 4.90 Å². The fraction of sp³-hybridized carbons (Fsp3) is 0.615. The summed E-state index contributed by atoms with van der Waals surface area (Å²) >= 11 is 0. The second-order valence-electron chi connectivity index (χ2n) is 5.28. The minimum Gasteiger partial charge on any atom is -0.365 e. The number of anilines is 1. The number of pyridine rings is 1. The maximum Gasteiger partial charge on any atom is 0.0589 e. The van der Waals surface area contributed by atoms with Crippen LogP contribution in [0.4, 0.5) is 5.69 Å². The zero-order valence-electron chi connectivity index (χ0n) is 9.95. The molecule has 2 heteroatoms. The van der Waals surface area contributed by atoms with Crippen LogP contribution in [-0.2, 0) is 6.42 Å². The average molecular weight is 204 g/mol. The van der Waals surface area contributed by atoms with Crippen LogP contribution in [0, 0.1) is 0 Å². The molecule has 1 aromatic heterocycles. The summed E-state index contributed by atoms with van der Waals surface area (Å²) in [6.45, 7) is 7.97. The predicted molar refractivity (Wildman–Crippen MR) is 64.3 cm³/mol. The molecule has 0 atom stereocenters. The summed E-state index contributed by atoms with van der Waals surface area (Å²) in [6.07, 6.45) is 7.71. The van der Waals surface area contributed by atoms with E-state index in [9.17, 15) is 0 Å². The number of aromatic nitrogens is 1. The summed E-state index contributed by atoms with van der Waals surface area (Å²) < 4.78 is 0. The van der Waals surface area contributed by atoms with Crippen LogP contribution >= 0.6 is 0 Å². The molecule has 0 saturated heterocycles. The minimum absolute atomic E-state index is 0.197. The number of rotatable bonds is 0. The SMILES string of the molecule is CC(C)(C)N1CCCCc2ccncc21. The van der Waals surface area contributed by atoms with Gasteiger partial charge in [-0.3, -0.25) is 4.98 Å². The Morgan fingerprint density at radius 2 is 2.07 bits per heavy atom. The van der Waals surface area contributed by atoms with Gasteiger partial charge in [0, 0.05) is 18.3 Å². The van der Waals surface area contributed by atoms with Crippen molar-refractivity contribution in [2.75, 3.05) is 11.4 Å². The smallest absolute Gasteiger partial charge is 0.0589 e. The molecule has 0 amide bonds. The van der Waals surface area contributed by atoms with Gasteiger partial charge in [-0.2, -0.15) is 0 Å². The molecule has 0 fully saturated rings. The second-order valence-corrected chi connectivity index (χ2v) is 5.28. The molecule has 15 heavy (non-hydrogen) atoms. The van der Waals surface area contributed by atoms with Crippen molar-refractivity contribution in [3.8, 4) is 0 Å². The number of hydrogen-bond donors (Lipinski definition) is 0. The highest BCUT2D eigenvalue weighted by molar-refractivity contribution is 5.54. The highest BCUT2D eigenvalue weighted by Crippen LogP contribution is 2.30. The van der Waals surface area contributed by atoms with E-state index in [2.05, 4.69) is 36.7 Å². The van der Waals surface area contributed by atoms with Crippen molar-refractivity contribution < 1.29 is 0 Å². The molecular formula is C13H20N2. The van der Waals surface area contributed by atoms with Gasteiger partial charge in [0.1, 0.15) is 0 Å². The summed E-state index contributed by atoms with van der Waals surface area (Å²) in [5.41, 5.74) is 2.99. The first-order valence-electron chi connectivity index (χ1n) is 5.79. The first-order valence-corrected chi connectivity index (χ1v) is 5.79. The molecule has 0 unspecified atom stereocenters.